The van der Waals surface area contributed by atoms with Gasteiger partial charge in [0.2, 0.25) is 5.91 Å². The molecule has 4 heteroatoms. The van der Waals surface area contributed by atoms with Gasteiger partial charge in [0.1, 0.15) is 0 Å². The summed E-state index contributed by atoms with van der Waals surface area (Å²) in [4.78, 5) is 14.1. The summed E-state index contributed by atoms with van der Waals surface area (Å²) in [5.74, 6) is 0.0689. The van der Waals surface area contributed by atoms with E-state index in [1.807, 2.05) is 13.8 Å². The first-order chi connectivity index (χ1) is 10.0. The van der Waals surface area contributed by atoms with Crippen LogP contribution in [0.3, 0.4) is 0 Å². The molecule has 1 aromatic rings. The fourth-order valence-electron chi connectivity index (χ4n) is 2.74. The van der Waals surface area contributed by atoms with Gasteiger partial charge in [-0.15, -0.1) is 0 Å². The summed E-state index contributed by atoms with van der Waals surface area (Å²) in [5.41, 5.74) is 2.19. The quantitative estimate of drug-likeness (QED) is 0.843. The molecule has 1 aliphatic heterocycles. The molecule has 1 aromatic carbocycles. The summed E-state index contributed by atoms with van der Waals surface area (Å²) in [6.07, 6.45) is 2.61. The van der Waals surface area contributed by atoms with Crippen LogP contribution in [0.25, 0.3) is 0 Å². The van der Waals surface area contributed by atoms with Crippen LogP contribution >= 0.6 is 0 Å². The van der Waals surface area contributed by atoms with E-state index in [4.69, 9.17) is 0 Å². The average Bonchev–Trinajstić information content (AvgIpc) is 3.01. The highest BCUT2D eigenvalue weighted by Gasteiger charge is 2.25. The number of carbonyl (C=O) groups is 1. The predicted molar refractivity (Wildman–Crippen MR) is 87.4 cm³/mol. The summed E-state index contributed by atoms with van der Waals surface area (Å²) in [6.45, 7) is 7.72. The number of rotatable bonds is 6. The Kier molecular flexibility index (Phi) is 5.23. The van der Waals surface area contributed by atoms with Gasteiger partial charge in [-0.2, -0.15) is 0 Å². The zero-order chi connectivity index (χ0) is 15.3. The van der Waals surface area contributed by atoms with Gasteiger partial charge in [-0.25, -0.2) is 0 Å². The van der Waals surface area contributed by atoms with Gasteiger partial charge in [-0.05, 0) is 44.4 Å². The minimum Gasteiger partial charge on any atom is -0.372 e. The molecule has 0 saturated carbocycles. The van der Waals surface area contributed by atoms with Gasteiger partial charge < -0.3 is 15.5 Å². The van der Waals surface area contributed by atoms with Crippen LogP contribution in [0.5, 0.6) is 0 Å². The second-order valence-electron chi connectivity index (χ2n) is 6.43. The summed E-state index contributed by atoms with van der Waals surface area (Å²) in [6, 6.07) is 8.75. The second-order valence-corrected chi connectivity index (χ2v) is 6.43. The van der Waals surface area contributed by atoms with Crippen molar-refractivity contribution in [1.29, 1.82) is 0 Å². The maximum Gasteiger partial charge on any atom is 0.226 e. The Hall–Kier alpha value is -1.55. The maximum absolute atomic E-state index is 11.7. The molecule has 2 N–H and O–H groups in total. The topological polar surface area (TPSA) is 44.4 Å². The summed E-state index contributed by atoms with van der Waals surface area (Å²) >= 11 is 0. The fraction of sp³-hybridized carbons (Fsp3) is 0.588. The molecule has 1 amide bonds. The lowest BCUT2D eigenvalue weighted by Gasteiger charge is -2.23. The molecule has 0 atom stereocenters. The Labute approximate surface area is 127 Å². The normalized spacial score (nSPS) is 15.3. The lowest BCUT2D eigenvalue weighted by atomic mass is 9.92. The van der Waals surface area contributed by atoms with E-state index in [1.165, 1.54) is 37.2 Å². The van der Waals surface area contributed by atoms with Gasteiger partial charge in [0.05, 0.1) is 5.41 Å². The van der Waals surface area contributed by atoms with E-state index in [0.717, 1.165) is 6.54 Å². The highest BCUT2D eigenvalue weighted by Crippen LogP contribution is 2.20. The Morgan fingerprint density at radius 1 is 1.19 bits per heavy atom. The van der Waals surface area contributed by atoms with Gasteiger partial charge in [-0.1, -0.05) is 12.1 Å². The van der Waals surface area contributed by atoms with Crippen LogP contribution in [0.4, 0.5) is 5.69 Å². The number of nitrogens with zero attached hydrogens (tertiary/aromatic N) is 1. The fourth-order valence-corrected chi connectivity index (χ4v) is 2.74. The number of benzene rings is 1. The third-order valence-corrected chi connectivity index (χ3v) is 4.15. The average molecular weight is 289 g/mol. The first-order valence-corrected chi connectivity index (χ1v) is 7.80. The zero-order valence-electron chi connectivity index (χ0n) is 13.4. The second kappa shape index (κ2) is 6.94. The van der Waals surface area contributed by atoms with Crippen molar-refractivity contribution in [2.45, 2.75) is 33.2 Å². The zero-order valence-corrected chi connectivity index (χ0v) is 13.4. The van der Waals surface area contributed by atoms with Gasteiger partial charge in [0.15, 0.2) is 0 Å². The van der Waals surface area contributed by atoms with Crippen molar-refractivity contribution in [3.05, 3.63) is 29.8 Å². The highest BCUT2D eigenvalue weighted by atomic mass is 16.2. The molecule has 0 bridgehead atoms. The first kappa shape index (κ1) is 15.8. The molecular weight excluding hydrogens is 262 g/mol. The Morgan fingerprint density at radius 3 is 2.38 bits per heavy atom. The van der Waals surface area contributed by atoms with Gasteiger partial charge in [0.25, 0.3) is 0 Å². The van der Waals surface area contributed by atoms with Crippen molar-refractivity contribution in [2.24, 2.45) is 5.41 Å². The number of amides is 1. The van der Waals surface area contributed by atoms with Crippen molar-refractivity contribution >= 4 is 11.6 Å². The summed E-state index contributed by atoms with van der Waals surface area (Å²) in [7, 11) is 1.68. The largest absolute Gasteiger partial charge is 0.372 e. The van der Waals surface area contributed by atoms with Crippen LogP contribution in [0.1, 0.15) is 32.3 Å². The van der Waals surface area contributed by atoms with E-state index < -0.39 is 0 Å². The lowest BCUT2D eigenvalue weighted by molar-refractivity contribution is -0.128. The number of carbonyl (C=O) groups excluding carboxylic acids is 1. The van der Waals surface area contributed by atoms with Crippen LogP contribution in [0, 0.1) is 5.41 Å². The van der Waals surface area contributed by atoms with Crippen LogP contribution in [-0.4, -0.2) is 32.6 Å². The Balaban J connectivity index is 1.82. The van der Waals surface area contributed by atoms with Gasteiger partial charge in [0, 0.05) is 38.9 Å². The molecule has 0 aromatic heterocycles. The smallest absolute Gasteiger partial charge is 0.226 e. The number of anilines is 1. The molecule has 4 nitrogen and oxygen atoms in total. The highest BCUT2D eigenvalue weighted by molar-refractivity contribution is 5.81. The van der Waals surface area contributed by atoms with Crippen LogP contribution in [-0.2, 0) is 11.3 Å². The van der Waals surface area contributed by atoms with E-state index in [9.17, 15) is 4.79 Å². The molecule has 0 unspecified atom stereocenters. The van der Waals surface area contributed by atoms with Crippen LogP contribution < -0.4 is 15.5 Å². The van der Waals surface area contributed by atoms with E-state index in [1.54, 1.807) is 7.05 Å². The van der Waals surface area contributed by atoms with E-state index >= 15 is 0 Å². The molecule has 1 heterocycles. The SMILES string of the molecule is CNC(=O)C(C)(C)CNCc1ccc(N2CCCC2)cc1. The minimum atomic E-state index is -0.385. The molecule has 0 radical (unpaired) electrons. The molecule has 116 valence electrons. The minimum absolute atomic E-state index is 0.0689. The standard InChI is InChI=1S/C17H27N3O/c1-17(2,16(21)18-3)13-19-12-14-6-8-15(9-7-14)20-10-4-5-11-20/h6-9,19H,4-5,10-13H2,1-3H3,(H,18,21). The van der Waals surface area contributed by atoms with Gasteiger partial charge in [-0.3, -0.25) is 4.79 Å². The van der Waals surface area contributed by atoms with Crippen molar-refractivity contribution in [1.82, 2.24) is 10.6 Å². The first-order valence-electron chi connectivity index (χ1n) is 7.80. The third-order valence-electron chi connectivity index (χ3n) is 4.15. The molecule has 0 aliphatic carbocycles. The van der Waals surface area contributed by atoms with E-state index in [2.05, 4.69) is 39.8 Å². The molecule has 2 rings (SSSR count). The van der Waals surface area contributed by atoms with Gasteiger partial charge >= 0.3 is 0 Å². The maximum atomic E-state index is 11.7. The Bertz CT molecular complexity index is 461. The van der Waals surface area contributed by atoms with Crippen molar-refractivity contribution < 1.29 is 4.79 Å². The third kappa shape index (κ3) is 4.21. The molecule has 1 aliphatic rings. The lowest BCUT2D eigenvalue weighted by Crippen LogP contribution is -2.41. The molecule has 0 spiro atoms. The number of hydrogen-bond acceptors (Lipinski definition) is 3. The van der Waals surface area contributed by atoms with Crippen molar-refractivity contribution in [2.75, 3.05) is 31.6 Å². The number of hydrogen-bond donors (Lipinski definition) is 2. The number of nitrogens with one attached hydrogen (secondary N) is 2. The molecule has 21 heavy (non-hydrogen) atoms. The molecule has 1 fully saturated rings. The Morgan fingerprint density at radius 2 is 1.81 bits per heavy atom. The van der Waals surface area contributed by atoms with Crippen LogP contribution in [0.15, 0.2) is 24.3 Å². The van der Waals surface area contributed by atoms with E-state index in [-0.39, 0.29) is 11.3 Å². The molecular formula is C17H27N3O. The summed E-state index contributed by atoms with van der Waals surface area (Å²) < 4.78 is 0. The predicted octanol–water partition coefficient (Wildman–Crippen LogP) is 2.15. The summed E-state index contributed by atoms with van der Waals surface area (Å²) in [5, 5.41) is 6.08. The monoisotopic (exact) mass is 289 g/mol. The molecule has 1 saturated heterocycles. The van der Waals surface area contributed by atoms with Crippen LogP contribution in [0.2, 0.25) is 0 Å². The van der Waals surface area contributed by atoms with Crippen molar-refractivity contribution in [3.63, 3.8) is 0 Å². The van der Waals surface area contributed by atoms with E-state index in [0.29, 0.717) is 6.54 Å². The van der Waals surface area contributed by atoms with Crippen molar-refractivity contribution in [3.8, 4) is 0 Å².